The minimum atomic E-state index is -0.484. The molecule has 0 saturated heterocycles. The van der Waals surface area contributed by atoms with Crippen LogP contribution in [0.15, 0.2) is 46.9 Å². The summed E-state index contributed by atoms with van der Waals surface area (Å²) in [4.78, 5) is 10.2. The van der Waals surface area contributed by atoms with Crippen LogP contribution in [0.3, 0.4) is 0 Å². The first kappa shape index (κ1) is 13.8. The van der Waals surface area contributed by atoms with E-state index >= 15 is 0 Å². The van der Waals surface area contributed by atoms with E-state index in [1.807, 2.05) is 24.3 Å². The van der Waals surface area contributed by atoms with Gasteiger partial charge in [0.1, 0.15) is 12.4 Å². The number of hydrogen-bond acceptors (Lipinski definition) is 3. The minimum absolute atomic E-state index is 0.0476. The van der Waals surface area contributed by atoms with E-state index in [-0.39, 0.29) is 5.69 Å². The number of hydrogen-bond donors (Lipinski definition) is 0. The number of nitro benzene ring substituents is 1. The monoisotopic (exact) mass is 341 g/mol. The van der Waals surface area contributed by atoms with Crippen molar-refractivity contribution in [2.24, 2.45) is 0 Å². The molecule has 0 spiro atoms. The Bertz CT molecular complexity index is 619. The average Bonchev–Trinajstić information content (AvgIpc) is 2.37. The molecule has 0 amide bonds. The molecule has 4 nitrogen and oxygen atoms in total. The van der Waals surface area contributed by atoms with E-state index < -0.39 is 4.92 Å². The largest absolute Gasteiger partial charge is 0.487 e. The molecule has 98 valence electrons. The van der Waals surface area contributed by atoms with Crippen LogP contribution in [0.5, 0.6) is 5.75 Å². The predicted octanol–water partition coefficient (Wildman–Crippen LogP) is 4.59. The molecular weight excluding hydrogens is 334 g/mol. The van der Waals surface area contributed by atoms with Crippen LogP contribution in [-0.2, 0) is 6.61 Å². The number of rotatable bonds is 4. The first-order chi connectivity index (χ1) is 9.06. The third-order valence-electron chi connectivity index (χ3n) is 2.41. The Hall–Kier alpha value is -1.59. The standard InChI is InChI=1S/C13H9BrClNO3/c14-10-3-1-2-9(6-10)8-19-13-7-11(16(17)18)4-5-12(13)15/h1-7H,8H2. The summed E-state index contributed by atoms with van der Waals surface area (Å²) in [5, 5.41) is 11.0. The highest BCUT2D eigenvalue weighted by molar-refractivity contribution is 9.10. The molecule has 0 saturated carbocycles. The molecule has 0 atom stereocenters. The van der Waals surface area contributed by atoms with Gasteiger partial charge in [-0.2, -0.15) is 0 Å². The zero-order chi connectivity index (χ0) is 13.8. The van der Waals surface area contributed by atoms with E-state index in [1.165, 1.54) is 18.2 Å². The third-order valence-corrected chi connectivity index (χ3v) is 3.21. The van der Waals surface area contributed by atoms with Gasteiger partial charge in [-0.15, -0.1) is 0 Å². The first-order valence-electron chi connectivity index (χ1n) is 5.37. The maximum Gasteiger partial charge on any atom is 0.273 e. The highest BCUT2D eigenvalue weighted by Crippen LogP contribution is 2.29. The molecule has 2 rings (SSSR count). The topological polar surface area (TPSA) is 52.4 Å². The fourth-order valence-electron chi connectivity index (χ4n) is 1.50. The second-order valence-corrected chi connectivity index (χ2v) is 5.11. The summed E-state index contributed by atoms with van der Waals surface area (Å²) < 4.78 is 6.45. The molecule has 0 radical (unpaired) electrons. The Morgan fingerprint density at radius 3 is 2.74 bits per heavy atom. The minimum Gasteiger partial charge on any atom is -0.487 e. The molecule has 2 aromatic rings. The predicted molar refractivity (Wildman–Crippen MR) is 76.6 cm³/mol. The molecule has 6 heteroatoms. The molecular formula is C13H9BrClNO3. The van der Waals surface area contributed by atoms with Crippen molar-refractivity contribution in [3.05, 3.63) is 67.6 Å². The van der Waals surface area contributed by atoms with Crippen LogP contribution < -0.4 is 4.74 Å². The first-order valence-corrected chi connectivity index (χ1v) is 6.54. The summed E-state index contributed by atoms with van der Waals surface area (Å²) in [5.41, 5.74) is 0.894. The lowest BCUT2D eigenvalue weighted by atomic mass is 10.2. The Kier molecular flexibility index (Phi) is 4.39. The van der Waals surface area contributed by atoms with Gasteiger partial charge in [-0.05, 0) is 23.8 Å². The summed E-state index contributed by atoms with van der Waals surface area (Å²) in [6.45, 7) is 0.292. The van der Waals surface area contributed by atoms with Crippen LogP contribution in [-0.4, -0.2) is 4.92 Å². The van der Waals surface area contributed by atoms with Crippen LogP contribution in [0.1, 0.15) is 5.56 Å². The maximum absolute atomic E-state index is 10.7. The molecule has 2 aromatic carbocycles. The Morgan fingerprint density at radius 1 is 1.26 bits per heavy atom. The zero-order valence-corrected chi connectivity index (χ0v) is 12.0. The SMILES string of the molecule is O=[N+]([O-])c1ccc(Cl)c(OCc2cccc(Br)c2)c1. The summed E-state index contributed by atoms with van der Waals surface area (Å²) in [6, 6.07) is 11.7. The van der Waals surface area contributed by atoms with Gasteiger partial charge in [0, 0.05) is 10.5 Å². The molecule has 0 heterocycles. The van der Waals surface area contributed by atoms with Gasteiger partial charge in [0.15, 0.2) is 0 Å². The van der Waals surface area contributed by atoms with Crippen molar-refractivity contribution in [2.45, 2.75) is 6.61 Å². The van der Waals surface area contributed by atoms with Crippen molar-refractivity contribution in [1.82, 2.24) is 0 Å². The number of benzene rings is 2. The van der Waals surface area contributed by atoms with Gasteiger partial charge in [0.05, 0.1) is 16.0 Å². The van der Waals surface area contributed by atoms with Crippen LogP contribution in [0, 0.1) is 10.1 Å². The van der Waals surface area contributed by atoms with Crippen molar-refractivity contribution in [3.8, 4) is 5.75 Å². The second-order valence-electron chi connectivity index (χ2n) is 3.79. The highest BCUT2D eigenvalue weighted by Gasteiger charge is 2.10. The van der Waals surface area contributed by atoms with Gasteiger partial charge in [-0.25, -0.2) is 0 Å². The molecule has 0 aliphatic carbocycles. The lowest BCUT2D eigenvalue weighted by Gasteiger charge is -2.08. The van der Waals surface area contributed by atoms with Gasteiger partial charge in [0.25, 0.3) is 5.69 Å². The smallest absolute Gasteiger partial charge is 0.273 e. The van der Waals surface area contributed by atoms with Crippen molar-refractivity contribution in [1.29, 1.82) is 0 Å². The van der Waals surface area contributed by atoms with E-state index in [0.717, 1.165) is 10.0 Å². The molecule has 0 aromatic heterocycles. The van der Waals surface area contributed by atoms with E-state index in [9.17, 15) is 10.1 Å². The van der Waals surface area contributed by atoms with E-state index in [2.05, 4.69) is 15.9 Å². The van der Waals surface area contributed by atoms with Gasteiger partial charge >= 0.3 is 0 Å². The number of ether oxygens (including phenoxy) is 1. The van der Waals surface area contributed by atoms with Crippen LogP contribution in [0.25, 0.3) is 0 Å². The number of nitro groups is 1. The molecule has 0 unspecified atom stereocenters. The molecule has 0 aliphatic rings. The Morgan fingerprint density at radius 2 is 2.05 bits per heavy atom. The molecule has 0 fully saturated rings. The van der Waals surface area contributed by atoms with E-state index in [4.69, 9.17) is 16.3 Å². The van der Waals surface area contributed by atoms with Crippen LogP contribution in [0.4, 0.5) is 5.69 Å². The quantitative estimate of drug-likeness (QED) is 0.603. The summed E-state index contributed by atoms with van der Waals surface area (Å²) in [6.07, 6.45) is 0. The number of nitrogens with zero attached hydrogens (tertiary/aromatic N) is 1. The number of halogens is 2. The second kappa shape index (κ2) is 6.04. The van der Waals surface area contributed by atoms with Crippen molar-refractivity contribution < 1.29 is 9.66 Å². The number of non-ortho nitro benzene ring substituents is 1. The fraction of sp³-hybridized carbons (Fsp3) is 0.0769. The Balaban J connectivity index is 2.15. The molecule has 0 aliphatic heterocycles. The highest BCUT2D eigenvalue weighted by atomic mass is 79.9. The lowest BCUT2D eigenvalue weighted by molar-refractivity contribution is -0.384. The zero-order valence-electron chi connectivity index (χ0n) is 9.68. The maximum atomic E-state index is 10.7. The van der Waals surface area contributed by atoms with Crippen LogP contribution in [0.2, 0.25) is 5.02 Å². The van der Waals surface area contributed by atoms with Gasteiger partial charge in [-0.3, -0.25) is 10.1 Å². The molecule has 0 bridgehead atoms. The fourth-order valence-corrected chi connectivity index (χ4v) is 2.12. The van der Waals surface area contributed by atoms with E-state index in [1.54, 1.807) is 0 Å². The van der Waals surface area contributed by atoms with Crippen molar-refractivity contribution in [3.63, 3.8) is 0 Å². The van der Waals surface area contributed by atoms with Gasteiger partial charge < -0.3 is 4.74 Å². The van der Waals surface area contributed by atoms with E-state index in [0.29, 0.717) is 17.4 Å². The third kappa shape index (κ3) is 3.68. The van der Waals surface area contributed by atoms with Crippen molar-refractivity contribution >= 4 is 33.2 Å². The Labute approximate surface area is 123 Å². The lowest BCUT2D eigenvalue weighted by Crippen LogP contribution is -1.97. The summed E-state index contributed by atoms with van der Waals surface area (Å²) in [7, 11) is 0. The van der Waals surface area contributed by atoms with Gasteiger partial charge in [-0.1, -0.05) is 39.7 Å². The normalized spacial score (nSPS) is 10.2. The average molecular weight is 343 g/mol. The molecule has 0 N–H and O–H groups in total. The summed E-state index contributed by atoms with van der Waals surface area (Å²) >= 11 is 9.30. The molecule has 19 heavy (non-hydrogen) atoms. The van der Waals surface area contributed by atoms with Crippen molar-refractivity contribution in [2.75, 3.05) is 0 Å². The van der Waals surface area contributed by atoms with Gasteiger partial charge in [0.2, 0.25) is 0 Å². The summed E-state index contributed by atoms with van der Waals surface area (Å²) in [5.74, 6) is 0.302. The van der Waals surface area contributed by atoms with Crippen LogP contribution >= 0.6 is 27.5 Å².